The second-order valence-electron chi connectivity index (χ2n) is 4.56. The van der Waals surface area contributed by atoms with Gasteiger partial charge in [0.2, 0.25) is 0 Å². The minimum atomic E-state index is -0.348. The van der Waals surface area contributed by atoms with E-state index in [1.165, 1.54) is 0 Å². The average Bonchev–Trinajstić information content (AvgIpc) is 2.78. The van der Waals surface area contributed by atoms with E-state index in [9.17, 15) is 9.90 Å². The number of carbonyl (C=O) groups excluding carboxylic acids is 1. The van der Waals surface area contributed by atoms with Crippen molar-refractivity contribution in [2.75, 3.05) is 13.1 Å². The van der Waals surface area contributed by atoms with Crippen molar-refractivity contribution in [3.05, 3.63) is 29.8 Å². The van der Waals surface area contributed by atoms with Crippen LogP contribution in [0.25, 0.3) is 0 Å². The minimum absolute atomic E-state index is 0.0127. The van der Waals surface area contributed by atoms with Crippen LogP contribution >= 0.6 is 12.6 Å². The van der Waals surface area contributed by atoms with E-state index in [1.807, 2.05) is 18.2 Å². The molecule has 0 bridgehead atoms. The first-order valence-electron chi connectivity index (χ1n) is 5.85. The summed E-state index contributed by atoms with van der Waals surface area (Å²) in [4.78, 5) is 14.7. The van der Waals surface area contributed by atoms with E-state index in [0.29, 0.717) is 17.0 Å². The number of likely N-dealkylation sites (tertiary alicyclic amines) is 1. The summed E-state index contributed by atoms with van der Waals surface area (Å²) < 4.78 is 0. The third-order valence-electron chi connectivity index (χ3n) is 3.33. The Bertz CT molecular complexity index is 420. The van der Waals surface area contributed by atoms with Crippen molar-refractivity contribution in [1.29, 1.82) is 0 Å². The monoisotopic (exact) mass is 251 g/mol. The summed E-state index contributed by atoms with van der Waals surface area (Å²) in [5.74, 6) is 0.213. The van der Waals surface area contributed by atoms with E-state index >= 15 is 0 Å². The van der Waals surface area contributed by atoms with Gasteiger partial charge in [0.15, 0.2) is 0 Å². The summed E-state index contributed by atoms with van der Waals surface area (Å²) in [6.45, 7) is 3.14. The number of benzene rings is 1. The van der Waals surface area contributed by atoms with Crippen molar-refractivity contribution in [3.63, 3.8) is 0 Å². The van der Waals surface area contributed by atoms with E-state index < -0.39 is 0 Å². The molecule has 0 saturated carbocycles. The minimum Gasteiger partial charge on any atom is -0.393 e. The number of aliphatic hydroxyl groups is 1. The SMILES string of the molecule is CC(O)C1CCN(C(=O)c2ccccc2S)C1. The smallest absolute Gasteiger partial charge is 0.254 e. The molecular weight excluding hydrogens is 234 g/mol. The van der Waals surface area contributed by atoms with Crippen LogP contribution < -0.4 is 0 Å². The fourth-order valence-electron chi connectivity index (χ4n) is 2.19. The zero-order valence-electron chi connectivity index (χ0n) is 9.84. The molecule has 1 heterocycles. The Hall–Kier alpha value is -1.00. The number of rotatable bonds is 2. The van der Waals surface area contributed by atoms with Gasteiger partial charge in [-0.1, -0.05) is 12.1 Å². The Morgan fingerprint density at radius 3 is 2.82 bits per heavy atom. The van der Waals surface area contributed by atoms with Crippen molar-refractivity contribution in [1.82, 2.24) is 4.90 Å². The van der Waals surface area contributed by atoms with E-state index in [-0.39, 0.29) is 17.9 Å². The Morgan fingerprint density at radius 1 is 1.53 bits per heavy atom. The van der Waals surface area contributed by atoms with Crippen LogP contribution in [-0.2, 0) is 0 Å². The van der Waals surface area contributed by atoms with Crippen LogP contribution in [0, 0.1) is 5.92 Å². The van der Waals surface area contributed by atoms with Crippen LogP contribution in [0.4, 0.5) is 0 Å². The number of hydrogen-bond donors (Lipinski definition) is 2. The first kappa shape index (κ1) is 12.5. The molecule has 1 aliphatic rings. The van der Waals surface area contributed by atoms with Gasteiger partial charge in [0, 0.05) is 23.9 Å². The zero-order chi connectivity index (χ0) is 12.4. The molecule has 1 N–H and O–H groups in total. The van der Waals surface area contributed by atoms with Crippen LogP contribution in [0.5, 0.6) is 0 Å². The molecular formula is C13H17NO2S. The summed E-state index contributed by atoms with van der Waals surface area (Å²) in [7, 11) is 0. The number of amides is 1. The van der Waals surface area contributed by atoms with Gasteiger partial charge in [-0.05, 0) is 25.5 Å². The Kier molecular flexibility index (Phi) is 3.74. The lowest BCUT2D eigenvalue weighted by Gasteiger charge is -2.18. The van der Waals surface area contributed by atoms with Gasteiger partial charge in [-0.15, -0.1) is 12.6 Å². The Morgan fingerprint density at radius 2 is 2.24 bits per heavy atom. The molecule has 92 valence electrons. The molecule has 1 aliphatic heterocycles. The molecule has 2 atom stereocenters. The van der Waals surface area contributed by atoms with Crippen molar-refractivity contribution < 1.29 is 9.90 Å². The molecule has 0 radical (unpaired) electrons. The largest absolute Gasteiger partial charge is 0.393 e. The van der Waals surface area contributed by atoms with E-state index in [2.05, 4.69) is 12.6 Å². The fourth-order valence-corrected chi connectivity index (χ4v) is 2.45. The molecule has 0 aliphatic carbocycles. The molecule has 17 heavy (non-hydrogen) atoms. The predicted molar refractivity (Wildman–Crippen MR) is 69.4 cm³/mol. The molecule has 0 spiro atoms. The van der Waals surface area contributed by atoms with Gasteiger partial charge in [-0.3, -0.25) is 4.79 Å². The van der Waals surface area contributed by atoms with Crippen molar-refractivity contribution in [2.24, 2.45) is 5.92 Å². The number of nitrogens with zero attached hydrogens (tertiary/aromatic N) is 1. The van der Waals surface area contributed by atoms with Gasteiger partial charge in [0.1, 0.15) is 0 Å². The second-order valence-corrected chi connectivity index (χ2v) is 5.04. The summed E-state index contributed by atoms with van der Waals surface area (Å²) in [6.07, 6.45) is 0.525. The van der Waals surface area contributed by atoms with Gasteiger partial charge in [-0.25, -0.2) is 0 Å². The standard InChI is InChI=1S/C13H17NO2S/c1-9(15)10-6-7-14(8-10)13(16)11-4-2-3-5-12(11)17/h2-5,9-10,15,17H,6-8H2,1H3. The molecule has 1 fully saturated rings. The third-order valence-corrected chi connectivity index (χ3v) is 3.72. The highest BCUT2D eigenvalue weighted by Crippen LogP contribution is 2.23. The molecule has 1 amide bonds. The quantitative estimate of drug-likeness (QED) is 0.787. The summed E-state index contributed by atoms with van der Waals surface area (Å²) in [5.41, 5.74) is 0.641. The van der Waals surface area contributed by atoms with Gasteiger partial charge in [0.05, 0.1) is 11.7 Å². The molecule has 2 unspecified atom stereocenters. The highest BCUT2D eigenvalue weighted by atomic mass is 32.1. The highest BCUT2D eigenvalue weighted by molar-refractivity contribution is 7.80. The molecule has 0 aromatic heterocycles. The van der Waals surface area contributed by atoms with Crippen LogP contribution in [0.15, 0.2) is 29.2 Å². The highest BCUT2D eigenvalue weighted by Gasteiger charge is 2.29. The maximum Gasteiger partial charge on any atom is 0.254 e. The van der Waals surface area contributed by atoms with Crippen LogP contribution in [0.2, 0.25) is 0 Å². The first-order chi connectivity index (χ1) is 8.09. The Balaban J connectivity index is 2.10. The van der Waals surface area contributed by atoms with E-state index in [0.717, 1.165) is 13.0 Å². The van der Waals surface area contributed by atoms with E-state index in [1.54, 1.807) is 17.9 Å². The average molecular weight is 251 g/mol. The van der Waals surface area contributed by atoms with Crippen molar-refractivity contribution in [2.45, 2.75) is 24.3 Å². The third kappa shape index (κ3) is 2.64. The number of carbonyl (C=O) groups is 1. The normalized spacial score (nSPS) is 21.6. The maximum atomic E-state index is 12.2. The van der Waals surface area contributed by atoms with Crippen molar-refractivity contribution in [3.8, 4) is 0 Å². The number of hydrogen-bond acceptors (Lipinski definition) is 3. The summed E-state index contributed by atoms with van der Waals surface area (Å²) in [6, 6.07) is 7.32. The lowest BCUT2D eigenvalue weighted by Crippen LogP contribution is -2.30. The molecule has 1 aromatic rings. The zero-order valence-corrected chi connectivity index (χ0v) is 10.7. The second kappa shape index (κ2) is 5.10. The predicted octanol–water partition coefficient (Wildman–Crippen LogP) is 1.82. The molecule has 2 rings (SSSR count). The van der Waals surface area contributed by atoms with Crippen LogP contribution in [0.1, 0.15) is 23.7 Å². The fraction of sp³-hybridized carbons (Fsp3) is 0.462. The molecule has 1 saturated heterocycles. The van der Waals surface area contributed by atoms with Gasteiger partial charge >= 0.3 is 0 Å². The van der Waals surface area contributed by atoms with Gasteiger partial charge in [-0.2, -0.15) is 0 Å². The molecule has 3 nitrogen and oxygen atoms in total. The topological polar surface area (TPSA) is 40.5 Å². The first-order valence-corrected chi connectivity index (χ1v) is 6.29. The van der Waals surface area contributed by atoms with E-state index in [4.69, 9.17) is 0 Å². The van der Waals surface area contributed by atoms with Crippen molar-refractivity contribution >= 4 is 18.5 Å². The van der Waals surface area contributed by atoms with Crippen LogP contribution in [0.3, 0.4) is 0 Å². The number of aliphatic hydroxyl groups excluding tert-OH is 1. The number of thiol groups is 1. The molecule has 1 aromatic carbocycles. The van der Waals surface area contributed by atoms with Crippen LogP contribution in [-0.4, -0.2) is 35.1 Å². The molecule has 4 heteroatoms. The van der Waals surface area contributed by atoms with Gasteiger partial charge in [0.25, 0.3) is 5.91 Å². The lowest BCUT2D eigenvalue weighted by molar-refractivity contribution is 0.0759. The summed E-state index contributed by atoms with van der Waals surface area (Å²) >= 11 is 4.30. The van der Waals surface area contributed by atoms with Gasteiger partial charge < -0.3 is 10.0 Å². The maximum absolute atomic E-state index is 12.2. The Labute approximate surface area is 107 Å². The summed E-state index contributed by atoms with van der Waals surface area (Å²) in [5, 5.41) is 9.52. The lowest BCUT2D eigenvalue weighted by atomic mass is 10.0.